The van der Waals surface area contributed by atoms with Crippen LogP contribution in [0, 0.1) is 0 Å². The van der Waals surface area contributed by atoms with Crippen molar-refractivity contribution in [2.45, 2.75) is 17.5 Å². The van der Waals surface area contributed by atoms with Gasteiger partial charge < -0.3 is 15.4 Å². The molecule has 1 unspecified atom stereocenters. The van der Waals surface area contributed by atoms with E-state index in [0.29, 0.717) is 17.4 Å². The van der Waals surface area contributed by atoms with Crippen LogP contribution >= 0.6 is 35.3 Å². The summed E-state index contributed by atoms with van der Waals surface area (Å²) in [6.45, 7) is 4.67. The Morgan fingerprint density at radius 2 is 1.90 bits per heavy atom. The molecule has 7 nitrogen and oxygen atoms in total. The van der Waals surface area contributed by atoms with E-state index in [4.69, 9.17) is 4.74 Å². The molecule has 1 aliphatic heterocycles. The van der Waals surface area contributed by atoms with Crippen molar-refractivity contribution in [1.29, 1.82) is 0 Å². The Balaban J connectivity index is 0.00000320. The highest BCUT2D eigenvalue weighted by Crippen LogP contribution is 2.25. The van der Waals surface area contributed by atoms with Gasteiger partial charge in [-0.15, -0.1) is 35.3 Å². The van der Waals surface area contributed by atoms with Crippen molar-refractivity contribution in [3.8, 4) is 0 Å². The highest BCUT2D eigenvalue weighted by molar-refractivity contribution is 14.0. The second-order valence-corrected chi connectivity index (χ2v) is 9.90. The average molecular weight is 565 g/mol. The van der Waals surface area contributed by atoms with Crippen molar-refractivity contribution in [1.82, 2.24) is 15.5 Å². The van der Waals surface area contributed by atoms with Gasteiger partial charge in [-0.3, -0.25) is 9.89 Å². The van der Waals surface area contributed by atoms with Crippen LogP contribution in [0.5, 0.6) is 0 Å². The minimum Gasteiger partial charge on any atom is -0.379 e. The van der Waals surface area contributed by atoms with E-state index >= 15 is 0 Å². The van der Waals surface area contributed by atoms with Gasteiger partial charge in [0.05, 0.1) is 24.2 Å². The van der Waals surface area contributed by atoms with Gasteiger partial charge in [0, 0.05) is 44.4 Å². The monoisotopic (exact) mass is 564 g/mol. The molecule has 30 heavy (non-hydrogen) atoms. The summed E-state index contributed by atoms with van der Waals surface area (Å²) in [6.07, 6.45) is 1.21. The largest absolute Gasteiger partial charge is 0.379 e. The third-order valence-electron chi connectivity index (χ3n) is 4.86. The van der Waals surface area contributed by atoms with Crippen LogP contribution in [0.1, 0.15) is 16.5 Å². The topological polar surface area (TPSA) is 83.0 Å². The molecule has 1 aliphatic rings. The predicted octanol–water partition coefficient (Wildman–Crippen LogP) is 2.51. The molecule has 2 heterocycles. The number of thiophene rings is 1. The first-order chi connectivity index (χ1) is 14.0. The lowest BCUT2D eigenvalue weighted by Crippen LogP contribution is -2.46. The molecule has 3 rings (SSSR count). The van der Waals surface area contributed by atoms with Gasteiger partial charge >= 0.3 is 0 Å². The number of morpholine rings is 1. The van der Waals surface area contributed by atoms with Gasteiger partial charge in [-0.1, -0.05) is 18.2 Å². The number of rotatable bonds is 7. The van der Waals surface area contributed by atoms with E-state index in [1.807, 2.05) is 12.1 Å². The van der Waals surface area contributed by atoms with Crippen LogP contribution in [0.4, 0.5) is 0 Å². The third kappa shape index (κ3) is 7.19. The normalized spacial score (nSPS) is 16.5. The minimum absolute atomic E-state index is 0. The molecule has 0 bridgehead atoms. The first-order valence-corrected chi connectivity index (χ1v) is 12.3. The molecule has 1 saturated heterocycles. The van der Waals surface area contributed by atoms with Crippen molar-refractivity contribution in [2.24, 2.45) is 4.99 Å². The fourth-order valence-electron chi connectivity index (χ4n) is 3.23. The van der Waals surface area contributed by atoms with Crippen LogP contribution in [-0.4, -0.2) is 65.4 Å². The highest BCUT2D eigenvalue weighted by Gasteiger charge is 2.23. The van der Waals surface area contributed by atoms with Gasteiger partial charge in [0.25, 0.3) is 0 Å². The first kappa shape index (κ1) is 25.1. The molecule has 0 saturated carbocycles. The molecule has 10 heteroatoms. The molecule has 1 aromatic heterocycles. The molecule has 1 aromatic carbocycles. The molecule has 1 fully saturated rings. The summed E-state index contributed by atoms with van der Waals surface area (Å²) in [5.41, 5.74) is 0.989. The zero-order chi connectivity index (χ0) is 20.7. The first-order valence-electron chi connectivity index (χ1n) is 9.56. The van der Waals surface area contributed by atoms with E-state index in [1.165, 1.54) is 11.1 Å². The number of ether oxygens (including phenoxy) is 1. The lowest BCUT2D eigenvalue weighted by molar-refractivity contribution is 0.0177. The van der Waals surface area contributed by atoms with E-state index in [2.05, 4.69) is 38.0 Å². The molecule has 2 N–H and O–H groups in total. The Hall–Kier alpha value is -1.21. The third-order valence-corrected chi connectivity index (χ3v) is 6.96. The van der Waals surface area contributed by atoms with Crippen molar-refractivity contribution in [2.75, 3.05) is 46.2 Å². The van der Waals surface area contributed by atoms with E-state index in [1.54, 1.807) is 30.5 Å². The predicted molar refractivity (Wildman–Crippen MR) is 133 cm³/mol. The van der Waals surface area contributed by atoms with Gasteiger partial charge in [0.15, 0.2) is 15.8 Å². The number of benzene rings is 1. The van der Waals surface area contributed by atoms with Crippen molar-refractivity contribution in [3.05, 3.63) is 52.2 Å². The Morgan fingerprint density at radius 1 is 1.20 bits per heavy atom. The van der Waals surface area contributed by atoms with Crippen LogP contribution in [-0.2, 0) is 21.1 Å². The lowest BCUT2D eigenvalue weighted by Gasteiger charge is -2.34. The van der Waals surface area contributed by atoms with Gasteiger partial charge in [-0.2, -0.15) is 0 Å². The Bertz CT molecular complexity index is 897. The SMILES string of the molecule is CN=C(NCc1ccc(S(C)(=O)=O)cc1)NCC(c1cccs1)N1CCOCC1.I. The number of halogens is 1. The highest BCUT2D eigenvalue weighted by atomic mass is 127. The Labute approximate surface area is 199 Å². The fraction of sp³-hybridized carbons (Fsp3) is 0.450. The summed E-state index contributed by atoms with van der Waals surface area (Å²) in [5.74, 6) is 0.715. The fourth-order valence-corrected chi connectivity index (χ4v) is 4.73. The van der Waals surface area contributed by atoms with E-state index in [-0.39, 0.29) is 30.0 Å². The van der Waals surface area contributed by atoms with Gasteiger partial charge in [-0.25, -0.2) is 8.42 Å². The number of guanidine groups is 1. The summed E-state index contributed by atoms with van der Waals surface area (Å²) >= 11 is 1.77. The Morgan fingerprint density at radius 3 is 2.47 bits per heavy atom. The van der Waals surface area contributed by atoms with Crippen LogP contribution < -0.4 is 10.6 Å². The summed E-state index contributed by atoms with van der Waals surface area (Å²) in [7, 11) is -1.43. The second-order valence-electron chi connectivity index (χ2n) is 6.90. The minimum atomic E-state index is -3.18. The van der Waals surface area contributed by atoms with Crippen molar-refractivity contribution < 1.29 is 13.2 Å². The maximum absolute atomic E-state index is 11.6. The quantitative estimate of drug-likeness (QED) is 0.306. The van der Waals surface area contributed by atoms with E-state index in [9.17, 15) is 8.42 Å². The molecular formula is C20H29IN4O3S2. The number of sulfone groups is 1. The smallest absolute Gasteiger partial charge is 0.191 e. The van der Waals surface area contributed by atoms with Crippen molar-refractivity contribution >= 4 is 51.1 Å². The van der Waals surface area contributed by atoms with E-state index in [0.717, 1.165) is 38.4 Å². The molecule has 166 valence electrons. The summed E-state index contributed by atoms with van der Waals surface area (Å²) in [6, 6.07) is 11.4. The summed E-state index contributed by atoms with van der Waals surface area (Å²) < 4.78 is 28.7. The number of nitrogens with zero attached hydrogens (tertiary/aromatic N) is 2. The standard InChI is InChI=1S/C20H28N4O3S2.HI/c1-21-20(22-14-16-5-7-17(8-6-16)29(2,25)26)23-15-18(19-4-3-13-28-19)24-9-11-27-12-10-24;/h3-8,13,18H,9-12,14-15H2,1-2H3,(H2,21,22,23);1H. The molecular weight excluding hydrogens is 535 g/mol. The molecule has 0 amide bonds. The van der Waals surface area contributed by atoms with Crippen LogP contribution in [0.25, 0.3) is 0 Å². The maximum atomic E-state index is 11.6. The average Bonchev–Trinajstić information content (AvgIpc) is 3.25. The Kier molecular flexibility index (Phi) is 10.0. The van der Waals surface area contributed by atoms with Gasteiger partial charge in [0.1, 0.15) is 0 Å². The molecule has 0 radical (unpaired) electrons. The van der Waals surface area contributed by atoms with Gasteiger partial charge in [0.2, 0.25) is 0 Å². The lowest BCUT2D eigenvalue weighted by atomic mass is 10.2. The zero-order valence-corrected chi connectivity index (χ0v) is 21.2. The van der Waals surface area contributed by atoms with Crippen molar-refractivity contribution in [3.63, 3.8) is 0 Å². The van der Waals surface area contributed by atoms with Crippen LogP contribution in [0.2, 0.25) is 0 Å². The molecule has 0 aliphatic carbocycles. The van der Waals surface area contributed by atoms with Crippen LogP contribution in [0.3, 0.4) is 0 Å². The molecule has 1 atom stereocenters. The second kappa shape index (κ2) is 12.0. The van der Waals surface area contributed by atoms with Crippen LogP contribution in [0.15, 0.2) is 51.7 Å². The zero-order valence-electron chi connectivity index (χ0n) is 17.2. The number of hydrogen-bond acceptors (Lipinski definition) is 6. The molecule has 2 aromatic rings. The van der Waals surface area contributed by atoms with E-state index < -0.39 is 9.84 Å². The number of aliphatic imine (C=N–C) groups is 1. The maximum Gasteiger partial charge on any atom is 0.191 e. The number of hydrogen-bond donors (Lipinski definition) is 2. The summed E-state index contributed by atoms with van der Waals surface area (Å²) in [5, 5.41) is 8.83. The summed E-state index contributed by atoms with van der Waals surface area (Å²) in [4.78, 5) is 8.41. The number of nitrogens with one attached hydrogen (secondary N) is 2. The molecule has 0 spiro atoms. The van der Waals surface area contributed by atoms with Gasteiger partial charge in [-0.05, 0) is 29.1 Å².